The summed E-state index contributed by atoms with van der Waals surface area (Å²) in [5.74, 6) is 1.97. The lowest BCUT2D eigenvalue weighted by molar-refractivity contribution is -0.136. The summed E-state index contributed by atoms with van der Waals surface area (Å²) in [6.07, 6.45) is 10.1. The zero-order chi connectivity index (χ0) is 14.9. The van der Waals surface area contributed by atoms with Crippen LogP contribution in [-0.4, -0.2) is 14.8 Å². The van der Waals surface area contributed by atoms with Crippen molar-refractivity contribution < 1.29 is 0 Å². The Bertz CT molecular complexity index is 561. The molecule has 0 N–H and O–H groups in total. The third-order valence-electron chi connectivity index (χ3n) is 6.24. The van der Waals surface area contributed by atoms with Gasteiger partial charge in [0.2, 0.25) is 5.28 Å². The molecule has 1 aromatic rings. The first-order chi connectivity index (χ1) is 9.87. The first-order valence-corrected chi connectivity index (χ1v) is 8.85. The molecule has 4 heteroatoms. The molecule has 1 aromatic heterocycles. The van der Waals surface area contributed by atoms with Crippen LogP contribution >= 0.6 is 11.6 Å². The molecule has 1 heterocycles. The molecule has 0 saturated heterocycles. The second-order valence-corrected chi connectivity index (χ2v) is 9.16. The van der Waals surface area contributed by atoms with Gasteiger partial charge in [0.1, 0.15) is 5.82 Å². The van der Waals surface area contributed by atoms with Gasteiger partial charge in [-0.2, -0.15) is 0 Å². The smallest absolute Gasteiger partial charge is 0.225 e. The monoisotopic (exact) mass is 307 g/mol. The molecule has 21 heavy (non-hydrogen) atoms. The number of aryl methyl sites for hydroxylation is 1. The summed E-state index contributed by atoms with van der Waals surface area (Å²) in [5, 5.41) is 9.22. The normalized spacial score (nSPS) is 44.5. The average Bonchev–Trinajstić information content (AvgIpc) is 2.66. The van der Waals surface area contributed by atoms with Gasteiger partial charge in [0, 0.05) is 12.0 Å². The van der Waals surface area contributed by atoms with Crippen LogP contribution in [0.4, 0.5) is 0 Å². The molecular weight excluding hydrogens is 282 g/mol. The van der Waals surface area contributed by atoms with Crippen molar-refractivity contribution in [3.63, 3.8) is 0 Å². The molecule has 4 aliphatic carbocycles. The highest BCUT2D eigenvalue weighted by Gasteiger charge is 2.61. The van der Waals surface area contributed by atoms with E-state index in [4.69, 9.17) is 11.6 Å². The van der Waals surface area contributed by atoms with E-state index in [0.717, 1.165) is 24.6 Å². The van der Waals surface area contributed by atoms with E-state index >= 15 is 0 Å². The van der Waals surface area contributed by atoms with Crippen molar-refractivity contribution in [1.29, 1.82) is 0 Å². The van der Waals surface area contributed by atoms with E-state index in [0.29, 0.717) is 16.1 Å². The standard InChI is InChI=1S/C17H26ClN3/c1-4-5-13-19-20-14(18)21(13)17-8-12-6-15(2,10-17)9-16(3,7-12)11-17/h12H,4-11H2,1-3H3. The zero-order valence-electron chi connectivity index (χ0n) is 13.5. The summed E-state index contributed by atoms with van der Waals surface area (Å²) >= 11 is 6.50. The Kier molecular flexibility index (Phi) is 2.84. The maximum atomic E-state index is 6.50. The lowest BCUT2D eigenvalue weighted by Crippen LogP contribution is -2.59. The van der Waals surface area contributed by atoms with E-state index in [1.165, 1.54) is 38.5 Å². The van der Waals surface area contributed by atoms with Crippen molar-refractivity contribution in [3.8, 4) is 0 Å². The molecule has 116 valence electrons. The van der Waals surface area contributed by atoms with Crippen LogP contribution in [0.1, 0.15) is 71.5 Å². The Morgan fingerprint density at radius 2 is 1.76 bits per heavy atom. The molecule has 4 fully saturated rings. The minimum absolute atomic E-state index is 0.188. The van der Waals surface area contributed by atoms with E-state index in [-0.39, 0.29) is 5.54 Å². The van der Waals surface area contributed by atoms with Gasteiger partial charge in [0.05, 0.1) is 0 Å². The molecule has 4 saturated carbocycles. The van der Waals surface area contributed by atoms with Gasteiger partial charge in [-0.15, -0.1) is 10.2 Å². The fourth-order valence-electron chi connectivity index (χ4n) is 6.79. The van der Waals surface area contributed by atoms with Gasteiger partial charge in [0.25, 0.3) is 0 Å². The van der Waals surface area contributed by atoms with Crippen molar-refractivity contribution in [3.05, 3.63) is 11.1 Å². The molecule has 0 aromatic carbocycles. The fourth-order valence-corrected chi connectivity index (χ4v) is 7.10. The number of hydrogen-bond acceptors (Lipinski definition) is 2. The van der Waals surface area contributed by atoms with Gasteiger partial charge in [-0.05, 0) is 73.3 Å². The van der Waals surface area contributed by atoms with E-state index in [2.05, 4.69) is 35.5 Å². The third-order valence-corrected chi connectivity index (χ3v) is 6.48. The number of rotatable bonds is 3. The van der Waals surface area contributed by atoms with E-state index in [9.17, 15) is 0 Å². The summed E-state index contributed by atoms with van der Waals surface area (Å²) in [5.41, 5.74) is 1.17. The van der Waals surface area contributed by atoms with Crippen LogP contribution in [-0.2, 0) is 12.0 Å². The van der Waals surface area contributed by atoms with Crippen LogP contribution in [0.25, 0.3) is 0 Å². The zero-order valence-corrected chi connectivity index (χ0v) is 14.2. The quantitative estimate of drug-likeness (QED) is 0.817. The van der Waals surface area contributed by atoms with Gasteiger partial charge < -0.3 is 0 Å². The van der Waals surface area contributed by atoms with Gasteiger partial charge in [0.15, 0.2) is 0 Å². The first-order valence-electron chi connectivity index (χ1n) is 8.47. The Balaban J connectivity index is 1.83. The largest absolute Gasteiger partial charge is 0.295 e. The highest BCUT2D eigenvalue weighted by atomic mass is 35.5. The van der Waals surface area contributed by atoms with Crippen LogP contribution in [0, 0.1) is 16.7 Å². The Morgan fingerprint density at radius 3 is 2.33 bits per heavy atom. The second-order valence-electron chi connectivity index (χ2n) is 8.83. The molecule has 2 unspecified atom stereocenters. The van der Waals surface area contributed by atoms with E-state index in [1.54, 1.807) is 0 Å². The van der Waals surface area contributed by atoms with Crippen LogP contribution in [0.3, 0.4) is 0 Å². The molecule has 4 aliphatic rings. The minimum atomic E-state index is 0.188. The van der Waals surface area contributed by atoms with E-state index < -0.39 is 0 Å². The summed E-state index contributed by atoms with van der Waals surface area (Å²) in [4.78, 5) is 0. The predicted octanol–water partition coefficient (Wildman–Crippen LogP) is 4.59. The van der Waals surface area contributed by atoms with Gasteiger partial charge in [-0.3, -0.25) is 4.57 Å². The molecule has 3 nitrogen and oxygen atoms in total. The van der Waals surface area contributed by atoms with E-state index in [1.807, 2.05) is 0 Å². The fraction of sp³-hybridized carbons (Fsp3) is 0.882. The molecule has 0 amide bonds. The lowest BCUT2D eigenvalue weighted by Gasteiger charge is -2.65. The number of hydrogen-bond donors (Lipinski definition) is 0. The Labute approximate surface area is 132 Å². The topological polar surface area (TPSA) is 30.7 Å². The van der Waals surface area contributed by atoms with Crippen molar-refractivity contribution in [1.82, 2.24) is 14.8 Å². The third kappa shape index (κ3) is 1.99. The maximum Gasteiger partial charge on any atom is 0.225 e. The highest BCUT2D eigenvalue weighted by Crippen LogP contribution is 2.68. The number of halogens is 1. The summed E-state index contributed by atoms with van der Waals surface area (Å²) in [6.45, 7) is 7.21. The van der Waals surface area contributed by atoms with Crippen molar-refractivity contribution in [2.45, 2.75) is 77.7 Å². The second kappa shape index (κ2) is 4.24. The average molecular weight is 308 g/mol. The van der Waals surface area contributed by atoms with Crippen LogP contribution in [0.2, 0.25) is 5.28 Å². The summed E-state index contributed by atoms with van der Waals surface area (Å²) in [7, 11) is 0. The predicted molar refractivity (Wildman–Crippen MR) is 84.4 cm³/mol. The lowest BCUT2D eigenvalue weighted by atomic mass is 9.42. The molecule has 0 radical (unpaired) electrons. The highest BCUT2D eigenvalue weighted by molar-refractivity contribution is 6.28. The van der Waals surface area contributed by atoms with Gasteiger partial charge in [-0.1, -0.05) is 20.8 Å². The Hall–Kier alpha value is -0.570. The Morgan fingerprint density at radius 1 is 1.10 bits per heavy atom. The first kappa shape index (κ1) is 14.0. The summed E-state index contributed by atoms with van der Waals surface area (Å²) in [6, 6.07) is 0. The van der Waals surface area contributed by atoms with Crippen molar-refractivity contribution in [2.75, 3.05) is 0 Å². The molecule has 0 spiro atoms. The van der Waals surface area contributed by atoms with Crippen LogP contribution in [0.15, 0.2) is 0 Å². The van der Waals surface area contributed by atoms with Gasteiger partial charge >= 0.3 is 0 Å². The van der Waals surface area contributed by atoms with Crippen LogP contribution in [0.5, 0.6) is 0 Å². The molecule has 0 aliphatic heterocycles. The van der Waals surface area contributed by atoms with Crippen molar-refractivity contribution in [2.24, 2.45) is 16.7 Å². The van der Waals surface area contributed by atoms with Crippen LogP contribution < -0.4 is 0 Å². The molecular formula is C17H26ClN3. The van der Waals surface area contributed by atoms with Gasteiger partial charge in [-0.25, -0.2) is 0 Å². The molecule has 5 rings (SSSR count). The minimum Gasteiger partial charge on any atom is -0.295 e. The van der Waals surface area contributed by atoms with Crippen molar-refractivity contribution >= 4 is 11.6 Å². The summed E-state index contributed by atoms with van der Waals surface area (Å²) < 4.78 is 2.35. The number of nitrogens with zero attached hydrogens (tertiary/aromatic N) is 3. The molecule has 2 atom stereocenters. The number of aromatic nitrogens is 3. The SMILES string of the molecule is CCCc1nnc(Cl)n1C12CC3CC(C)(CC(C)(C3)C1)C2. The maximum absolute atomic E-state index is 6.50. The molecule has 4 bridgehead atoms.